The Balaban J connectivity index is 2.09. The standard InChI is InChI=1S/C10H15NO2S/c1-7-11-5-9(14-7)8-3-4-10(2,6-12)13-8/h5,8,12H,3-4,6H2,1-2H3. The number of thiazole rings is 1. The lowest BCUT2D eigenvalue weighted by atomic mass is 10.0. The molecule has 1 N–H and O–H groups in total. The maximum absolute atomic E-state index is 9.16. The molecule has 1 aromatic rings. The van der Waals surface area contributed by atoms with Gasteiger partial charge in [-0.2, -0.15) is 0 Å². The highest BCUT2D eigenvalue weighted by atomic mass is 32.1. The summed E-state index contributed by atoms with van der Waals surface area (Å²) < 4.78 is 5.82. The molecule has 2 heterocycles. The Hall–Kier alpha value is -0.450. The molecule has 0 aliphatic carbocycles. The van der Waals surface area contributed by atoms with Gasteiger partial charge in [-0.05, 0) is 26.7 Å². The van der Waals surface area contributed by atoms with Crippen LogP contribution in [0.3, 0.4) is 0 Å². The highest BCUT2D eigenvalue weighted by Crippen LogP contribution is 2.40. The second kappa shape index (κ2) is 3.61. The van der Waals surface area contributed by atoms with E-state index in [0.717, 1.165) is 17.8 Å². The minimum absolute atomic E-state index is 0.0985. The van der Waals surface area contributed by atoms with Crippen LogP contribution in [-0.4, -0.2) is 22.3 Å². The molecule has 1 aromatic heterocycles. The number of ether oxygens (including phenoxy) is 1. The van der Waals surface area contributed by atoms with Gasteiger partial charge in [0, 0.05) is 6.20 Å². The van der Waals surface area contributed by atoms with E-state index in [1.807, 2.05) is 20.0 Å². The zero-order valence-electron chi connectivity index (χ0n) is 8.49. The van der Waals surface area contributed by atoms with Crippen molar-refractivity contribution in [3.8, 4) is 0 Å². The van der Waals surface area contributed by atoms with Crippen molar-refractivity contribution in [2.24, 2.45) is 0 Å². The van der Waals surface area contributed by atoms with E-state index in [2.05, 4.69) is 4.98 Å². The van der Waals surface area contributed by atoms with Crippen LogP contribution in [0.2, 0.25) is 0 Å². The average molecular weight is 213 g/mol. The Labute approximate surface area is 87.7 Å². The van der Waals surface area contributed by atoms with Gasteiger partial charge in [-0.15, -0.1) is 11.3 Å². The van der Waals surface area contributed by atoms with Crippen LogP contribution in [0.5, 0.6) is 0 Å². The van der Waals surface area contributed by atoms with Crippen LogP contribution < -0.4 is 0 Å². The summed E-state index contributed by atoms with van der Waals surface area (Å²) in [4.78, 5) is 5.39. The van der Waals surface area contributed by atoms with E-state index in [1.54, 1.807) is 11.3 Å². The molecular weight excluding hydrogens is 198 g/mol. The molecular formula is C10H15NO2S. The lowest BCUT2D eigenvalue weighted by Gasteiger charge is -2.21. The molecule has 1 fully saturated rings. The van der Waals surface area contributed by atoms with Crippen molar-refractivity contribution >= 4 is 11.3 Å². The van der Waals surface area contributed by atoms with Gasteiger partial charge in [-0.3, -0.25) is 0 Å². The third kappa shape index (κ3) is 1.82. The summed E-state index contributed by atoms with van der Waals surface area (Å²) in [6, 6.07) is 0. The highest BCUT2D eigenvalue weighted by Gasteiger charge is 2.36. The molecule has 0 saturated carbocycles. The van der Waals surface area contributed by atoms with Crippen molar-refractivity contribution in [2.75, 3.05) is 6.61 Å². The van der Waals surface area contributed by atoms with Gasteiger partial charge in [-0.25, -0.2) is 4.98 Å². The predicted octanol–water partition coefficient (Wildman–Crippen LogP) is 2.05. The summed E-state index contributed by atoms with van der Waals surface area (Å²) in [5.74, 6) is 0. The van der Waals surface area contributed by atoms with Crippen molar-refractivity contribution in [1.29, 1.82) is 0 Å². The summed E-state index contributed by atoms with van der Waals surface area (Å²) in [5, 5.41) is 10.2. The SMILES string of the molecule is Cc1ncc(C2CCC(C)(CO)O2)s1. The summed E-state index contributed by atoms with van der Waals surface area (Å²) in [6.07, 6.45) is 3.93. The lowest BCUT2D eigenvalue weighted by Crippen LogP contribution is -2.27. The first-order valence-electron chi connectivity index (χ1n) is 4.84. The average Bonchev–Trinajstić information content (AvgIpc) is 2.73. The van der Waals surface area contributed by atoms with Gasteiger partial charge < -0.3 is 9.84 Å². The summed E-state index contributed by atoms with van der Waals surface area (Å²) in [5.41, 5.74) is -0.345. The topological polar surface area (TPSA) is 42.4 Å². The molecule has 1 aliphatic rings. The molecule has 2 unspecified atom stereocenters. The first kappa shape index (κ1) is 10.1. The summed E-state index contributed by atoms with van der Waals surface area (Å²) in [7, 11) is 0. The monoisotopic (exact) mass is 213 g/mol. The predicted molar refractivity (Wildman–Crippen MR) is 55.4 cm³/mol. The quantitative estimate of drug-likeness (QED) is 0.817. The largest absolute Gasteiger partial charge is 0.393 e. The first-order chi connectivity index (χ1) is 6.63. The molecule has 78 valence electrons. The van der Waals surface area contributed by atoms with Gasteiger partial charge in [0.25, 0.3) is 0 Å². The fourth-order valence-electron chi connectivity index (χ4n) is 1.74. The Morgan fingerprint density at radius 2 is 2.57 bits per heavy atom. The first-order valence-corrected chi connectivity index (χ1v) is 5.66. The number of rotatable bonds is 2. The lowest BCUT2D eigenvalue weighted by molar-refractivity contribution is -0.0608. The minimum Gasteiger partial charge on any atom is -0.393 e. The number of hydrogen-bond donors (Lipinski definition) is 1. The van der Waals surface area contributed by atoms with Crippen LogP contribution in [0.25, 0.3) is 0 Å². The molecule has 1 saturated heterocycles. The third-order valence-electron chi connectivity index (χ3n) is 2.65. The fourth-order valence-corrected chi connectivity index (χ4v) is 2.59. The number of aromatic nitrogens is 1. The molecule has 0 bridgehead atoms. The van der Waals surface area contributed by atoms with E-state index in [0.29, 0.717) is 0 Å². The van der Waals surface area contributed by atoms with E-state index in [1.165, 1.54) is 4.88 Å². The van der Waals surface area contributed by atoms with Crippen molar-refractivity contribution < 1.29 is 9.84 Å². The molecule has 0 aromatic carbocycles. The minimum atomic E-state index is -0.345. The van der Waals surface area contributed by atoms with Crippen molar-refractivity contribution in [3.05, 3.63) is 16.1 Å². The Bertz CT molecular complexity index is 326. The van der Waals surface area contributed by atoms with Crippen LogP contribution in [0, 0.1) is 6.92 Å². The van der Waals surface area contributed by atoms with E-state index in [-0.39, 0.29) is 18.3 Å². The van der Waals surface area contributed by atoms with Gasteiger partial charge in [0.2, 0.25) is 0 Å². The highest BCUT2D eigenvalue weighted by molar-refractivity contribution is 7.11. The Kier molecular flexibility index (Phi) is 2.60. The number of nitrogens with zero attached hydrogens (tertiary/aromatic N) is 1. The molecule has 4 heteroatoms. The zero-order chi connectivity index (χ0) is 10.2. The van der Waals surface area contributed by atoms with Crippen LogP contribution in [0.15, 0.2) is 6.20 Å². The van der Waals surface area contributed by atoms with E-state index in [4.69, 9.17) is 9.84 Å². The summed E-state index contributed by atoms with van der Waals surface area (Å²) in [6.45, 7) is 4.05. The molecule has 3 nitrogen and oxygen atoms in total. The van der Waals surface area contributed by atoms with Gasteiger partial charge in [-0.1, -0.05) is 0 Å². The van der Waals surface area contributed by atoms with Crippen LogP contribution >= 0.6 is 11.3 Å². The molecule has 14 heavy (non-hydrogen) atoms. The number of aliphatic hydroxyl groups excluding tert-OH is 1. The molecule has 0 spiro atoms. The van der Waals surface area contributed by atoms with Crippen LogP contribution in [-0.2, 0) is 4.74 Å². The second-order valence-corrected chi connectivity index (χ2v) is 5.30. The molecule has 0 radical (unpaired) electrons. The van der Waals surface area contributed by atoms with Crippen molar-refractivity contribution in [2.45, 2.75) is 38.4 Å². The zero-order valence-corrected chi connectivity index (χ0v) is 9.30. The summed E-state index contributed by atoms with van der Waals surface area (Å²) >= 11 is 1.68. The number of aliphatic hydroxyl groups is 1. The molecule has 1 aliphatic heterocycles. The van der Waals surface area contributed by atoms with E-state index < -0.39 is 0 Å². The molecule has 2 atom stereocenters. The van der Waals surface area contributed by atoms with E-state index >= 15 is 0 Å². The Morgan fingerprint density at radius 1 is 1.79 bits per heavy atom. The van der Waals surface area contributed by atoms with Crippen LogP contribution in [0.1, 0.15) is 35.8 Å². The van der Waals surface area contributed by atoms with Gasteiger partial charge in [0.15, 0.2) is 0 Å². The van der Waals surface area contributed by atoms with Gasteiger partial charge in [0.05, 0.1) is 28.2 Å². The van der Waals surface area contributed by atoms with Gasteiger partial charge >= 0.3 is 0 Å². The second-order valence-electron chi connectivity index (χ2n) is 4.03. The van der Waals surface area contributed by atoms with Crippen molar-refractivity contribution in [3.63, 3.8) is 0 Å². The van der Waals surface area contributed by atoms with Crippen molar-refractivity contribution in [1.82, 2.24) is 4.98 Å². The molecule has 2 rings (SSSR count). The smallest absolute Gasteiger partial charge is 0.0942 e. The Morgan fingerprint density at radius 3 is 3.07 bits per heavy atom. The van der Waals surface area contributed by atoms with Gasteiger partial charge in [0.1, 0.15) is 0 Å². The normalized spacial score (nSPS) is 32.4. The maximum Gasteiger partial charge on any atom is 0.0942 e. The van der Waals surface area contributed by atoms with Crippen LogP contribution in [0.4, 0.5) is 0 Å². The van der Waals surface area contributed by atoms with E-state index in [9.17, 15) is 0 Å². The fraction of sp³-hybridized carbons (Fsp3) is 0.700. The third-order valence-corrected chi connectivity index (χ3v) is 3.66. The molecule has 0 amide bonds. The number of aryl methyl sites for hydroxylation is 1. The maximum atomic E-state index is 9.16. The number of hydrogen-bond acceptors (Lipinski definition) is 4.